The van der Waals surface area contributed by atoms with Crippen molar-refractivity contribution in [2.45, 2.75) is 38.5 Å². The summed E-state index contributed by atoms with van der Waals surface area (Å²) in [6, 6.07) is 8.80. The maximum atomic E-state index is 9.34. The SMILES string of the molecule is Cc1ccc(-c2cnc(C3(C#N)CCC3)[nH]2)cc1C. The highest BCUT2D eigenvalue weighted by Crippen LogP contribution is 2.42. The monoisotopic (exact) mass is 251 g/mol. The van der Waals surface area contributed by atoms with Crippen molar-refractivity contribution in [1.29, 1.82) is 5.26 Å². The molecule has 0 atom stereocenters. The number of imidazole rings is 1. The molecule has 0 saturated heterocycles. The van der Waals surface area contributed by atoms with E-state index in [4.69, 9.17) is 0 Å². The molecule has 0 bridgehead atoms. The molecule has 1 aliphatic rings. The molecule has 1 heterocycles. The maximum absolute atomic E-state index is 9.34. The Morgan fingerprint density at radius 1 is 1.26 bits per heavy atom. The second kappa shape index (κ2) is 4.24. The van der Waals surface area contributed by atoms with Gasteiger partial charge in [0, 0.05) is 0 Å². The summed E-state index contributed by atoms with van der Waals surface area (Å²) in [5.41, 5.74) is 4.33. The van der Waals surface area contributed by atoms with Crippen LogP contribution in [0.2, 0.25) is 0 Å². The molecule has 1 aromatic carbocycles. The second-order valence-corrected chi connectivity index (χ2v) is 5.49. The van der Waals surface area contributed by atoms with E-state index in [1.165, 1.54) is 11.1 Å². The molecule has 19 heavy (non-hydrogen) atoms. The van der Waals surface area contributed by atoms with Crippen LogP contribution in [0.5, 0.6) is 0 Å². The predicted molar refractivity (Wildman–Crippen MR) is 74.6 cm³/mol. The van der Waals surface area contributed by atoms with Crippen LogP contribution in [0.4, 0.5) is 0 Å². The van der Waals surface area contributed by atoms with Gasteiger partial charge in [0.25, 0.3) is 0 Å². The normalized spacial score (nSPS) is 16.7. The third kappa shape index (κ3) is 1.84. The van der Waals surface area contributed by atoms with E-state index in [1.807, 2.05) is 6.20 Å². The lowest BCUT2D eigenvalue weighted by molar-refractivity contribution is 0.309. The number of hydrogen-bond acceptors (Lipinski definition) is 2. The standard InChI is InChI=1S/C16H17N3/c1-11-4-5-13(8-12(11)2)14-9-18-15(19-14)16(10-17)6-3-7-16/h4-5,8-9H,3,6-7H2,1-2H3,(H,18,19). The maximum Gasteiger partial charge on any atom is 0.127 e. The number of nitrogens with one attached hydrogen (secondary N) is 1. The quantitative estimate of drug-likeness (QED) is 0.886. The summed E-state index contributed by atoms with van der Waals surface area (Å²) >= 11 is 0. The molecule has 2 aromatic rings. The van der Waals surface area contributed by atoms with E-state index < -0.39 is 0 Å². The molecule has 1 fully saturated rings. The average Bonchev–Trinajstić information content (AvgIpc) is 2.82. The number of rotatable bonds is 2. The van der Waals surface area contributed by atoms with Gasteiger partial charge < -0.3 is 4.98 Å². The minimum Gasteiger partial charge on any atom is -0.341 e. The van der Waals surface area contributed by atoms with E-state index in [0.717, 1.165) is 36.3 Å². The predicted octanol–water partition coefficient (Wildman–Crippen LogP) is 3.64. The highest BCUT2D eigenvalue weighted by molar-refractivity contribution is 5.60. The molecule has 1 saturated carbocycles. The van der Waals surface area contributed by atoms with Gasteiger partial charge >= 0.3 is 0 Å². The van der Waals surface area contributed by atoms with Gasteiger partial charge in [0.1, 0.15) is 11.2 Å². The molecule has 96 valence electrons. The Morgan fingerprint density at radius 2 is 2.05 bits per heavy atom. The van der Waals surface area contributed by atoms with Gasteiger partial charge in [-0.15, -0.1) is 0 Å². The highest BCUT2D eigenvalue weighted by atomic mass is 14.9. The Bertz CT molecular complexity index is 657. The zero-order valence-corrected chi connectivity index (χ0v) is 11.3. The van der Waals surface area contributed by atoms with Crippen molar-refractivity contribution >= 4 is 0 Å². The highest BCUT2D eigenvalue weighted by Gasteiger charge is 2.41. The molecule has 0 unspecified atom stereocenters. The van der Waals surface area contributed by atoms with Crippen molar-refractivity contribution in [2.75, 3.05) is 0 Å². The lowest BCUT2D eigenvalue weighted by Crippen LogP contribution is -2.33. The first-order chi connectivity index (χ1) is 9.14. The summed E-state index contributed by atoms with van der Waals surface area (Å²) < 4.78 is 0. The molecular weight excluding hydrogens is 234 g/mol. The minimum absolute atomic E-state index is 0.363. The molecule has 0 radical (unpaired) electrons. The molecule has 0 amide bonds. The van der Waals surface area contributed by atoms with Crippen molar-refractivity contribution in [3.63, 3.8) is 0 Å². The van der Waals surface area contributed by atoms with Gasteiger partial charge in [0.2, 0.25) is 0 Å². The zero-order valence-electron chi connectivity index (χ0n) is 11.3. The lowest BCUT2D eigenvalue weighted by Gasteiger charge is -2.32. The van der Waals surface area contributed by atoms with Crippen molar-refractivity contribution in [2.24, 2.45) is 0 Å². The Kier molecular flexibility index (Phi) is 2.67. The van der Waals surface area contributed by atoms with Crippen LogP contribution in [0.15, 0.2) is 24.4 Å². The summed E-state index contributed by atoms with van der Waals surface area (Å²) in [7, 11) is 0. The van der Waals surface area contributed by atoms with Crippen molar-refractivity contribution in [1.82, 2.24) is 9.97 Å². The van der Waals surface area contributed by atoms with Gasteiger partial charge in [0.15, 0.2) is 0 Å². The van der Waals surface area contributed by atoms with E-state index in [-0.39, 0.29) is 5.41 Å². The zero-order chi connectivity index (χ0) is 13.5. The molecule has 0 spiro atoms. The molecule has 1 aliphatic carbocycles. The van der Waals surface area contributed by atoms with E-state index in [1.54, 1.807) is 0 Å². The molecule has 1 aromatic heterocycles. The molecule has 3 rings (SSSR count). The average molecular weight is 251 g/mol. The number of aryl methyl sites for hydroxylation is 2. The van der Waals surface area contributed by atoms with Crippen LogP contribution < -0.4 is 0 Å². The summed E-state index contributed by atoms with van der Waals surface area (Å²) in [6.07, 6.45) is 4.80. The van der Waals surface area contributed by atoms with E-state index in [9.17, 15) is 5.26 Å². The van der Waals surface area contributed by atoms with Crippen LogP contribution >= 0.6 is 0 Å². The summed E-state index contributed by atoms with van der Waals surface area (Å²) in [5, 5.41) is 9.34. The third-order valence-corrected chi connectivity index (χ3v) is 4.27. The van der Waals surface area contributed by atoms with Gasteiger partial charge in [-0.1, -0.05) is 12.1 Å². The molecular formula is C16H17N3. The van der Waals surface area contributed by atoms with Gasteiger partial charge in [-0.2, -0.15) is 5.26 Å². The topological polar surface area (TPSA) is 52.5 Å². The molecule has 3 nitrogen and oxygen atoms in total. The van der Waals surface area contributed by atoms with Gasteiger partial charge in [-0.25, -0.2) is 4.98 Å². The Balaban J connectivity index is 1.97. The number of hydrogen-bond donors (Lipinski definition) is 1. The molecule has 0 aliphatic heterocycles. The summed E-state index contributed by atoms with van der Waals surface area (Å²) in [5.74, 6) is 0.828. The van der Waals surface area contributed by atoms with Gasteiger partial charge in [-0.05, 0) is 55.9 Å². The first-order valence-corrected chi connectivity index (χ1v) is 6.69. The van der Waals surface area contributed by atoms with E-state index >= 15 is 0 Å². The third-order valence-electron chi connectivity index (χ3n) is 4.27. The Hall–Kier alpha value is -2.08. The van der Waals surface area contributed by atoms with Crippen LogP contribution in [-0.2, 0) is 5.41 Å². The van der Waals surface area contributed by atoms with E-state index in [0.29, 0.717) is 0 Å². The minimum atomic E-state index is -0.363. The van der Waals surface area contributed by atoms with Crippen molar-refractivity contribution in [3.8, 4) is 17.3 Å². The number of aromatic nitrogens is 2. The smallest absolute Gasteiger partial charge is 0.127 e. The van der Waals surface area contributed by atoms with Gasteiger partial charge in [-0.3, -0.25) is 0 Å². The number of aromatic amines is 1. The van der Waals surface area contributed by atoms with Crippen LogP contribution in [-0.4, -0.2) is 9.97 Å². The second-order valence-electron chi connectivity index (χ2n) is 5.49. The summed E-state index contributed by atoms with van der Waals surface area (Å²) in [4.78, 5) is 7.77. The Labute approximate surface area is 113 Å². The van der Waals surface area contributed by atoms with Crippen LogP contribution in [0, 0.1) is 25.2 Å². The largest absolute Gasteiger partial charge is 0.341 e. The lowest BCUT2D eigenvalue weighted by atomic mass is 9.69. The van der Waals surface area contributed by atoms with Crippen LogP contribution in [0.25, 0.3) is 11.3 Å². The molecule has 1 N–H and O–H groups in total. The molecule has 3 heteroatoms. The number of H-pyrrole nitrogens is 1. The van der Waals surface area contributed by atoms with Crippen molar-refractivity contribution in [3.05, 3.63) is 41.3 Å². The summed E-state index contributed by atoms with van der Waals surface area (Å²) in [6.45, 7) is 4.22. The van der Waals surface area contributed by atoms with E-state index in [2.05, 4.69) is 48.1 Å². The first kappa shape index (κ1) is 12.0. The van der Waals surface area contributed by atoms with Crippen LogP contribution in [0.1, 0.15) is 36.2 Å². The van der Waals surface area contributed by atoms with Gasteiger partial charge in [0.05, 0.1) is 18.0 Å². The fourth-order valence-electron chi connectivity index (χ4n) is 2.55. The van der Waals surface area contributed by atoms with Crippen molar-refractivity contribution < 1.29 is 0 Å². The fraction of sp³-hybridized carbons (Fsp3) is 0.375. The number of nitrogens with zero attached hydrogens (tertiary/aromatic N) is 2. The van der Waals surface area contributed by atoms with Crippen LogP contribution in [0.3, 0.4) is 0 Å². The Morgan fingerprint density at radius 3 is 2.63 bits per heavy atom. The number of nitriles is 1. The first-order valence-electron chi connectivity index (χ1n) is 6.69. The number of benzene rings is 1. The fourth-order valence-corrected chi connectivity index (χ4v) is 2.55.